The van der Waals surface area contributed by atoms with Gasteiger partial charge in [0, 0.05) is 43.4 Å². The molecule has 4 rings (SSSR count). The highest BCUT2D eigenvalue weighted by atomic mass is 19.3. The highest BCUT2D eigenvalue weighted by molar-refractivity contribution is 5.76. The summed E-state index contributed by atoms with van der Waals surface area (Å²) in [6.45, 7) is 12.7. The number of hydrogen-bond acceptors (Lipinski definition) is 4. The molecule has 0 aliphatic carbocycles. The van der Waals surface area contributed by atoms with E-state index in [1.807, 2.05) is 64.1 Å². The summed E-state index contributed by atoms with van der Waals surface area (Å²) in [5.41, 5.74) is 3.94. The highest BCUT2D eigenvalue weighted by Crippen LogP contribution is 2.31. The molecule has 0 saturated carbocycles. The lowest BCUT2D eigenvalue weighted by Gasteiger charge is -2.27. The first-order valence-electron chi connectivity index (χ1n) is 15.5. The van der Waals surface area contributed by atoms with E-state index in [4.69, 9.17) is 0 Å². The summed E-state index contributed by atoms with van der Waals surface area (Å²) in [5, 5.41) is 0. The number of benzene rings is 3. The standard InChI is InChI=1S/C37H42F2N4O2/c1-5-37(38,39)33-20-18-32(19-21-33)31-16-13-30(14-17-31)26-42(24-23-41(6-2)7-3)35(44)27-43-25-28(4)36(45)40-34(43)22-15-29-11-9-8-10-12-29/h5,8-14,16-21,25H,1,6-7,15,22-24,26-27H2,2-4H3. The molecule has 0 N–H and O–H groups in total. The number of alkyl halides is 2. The second-order valence-corrected chi connectivity index (χ2v) is 11.2. The van der Waals surface area contributed by atoms with Gasteiger partial charge in [-0.05, 0) is 54.8 Å². The Morgan fingerprint density at radius 2 is 1.51 bits per heavy atom. The number of halogens is 2. The Hall–Kier alpha value is -4.43. The first-order valence-corrected chi connectivity index (χ1v) is 15.5. The van der Waals surface area contributed by atoms with Gasteiger partial charge in [-0.15, -0.1) is 0 Å². The normalized spacial score (nSPS) is 11.5. The summed E-state index contributed by atoms with van der Waals surface area (Å²) < 4.78 is 29.7. The smallest absolute Gasteiger partial charge is 0.291 e. The number of amides is 1. The zero-order valence-corrected chi connectivity index (χ0v) is 26.4. The van der Waals surface area contributed by atoms with Gasteiger partial charge in [-0.2, -0.15) is 13.8 Å². The van der Waals surface area contributed by atoms with Crippen molar-refractivity contribution in [2.75, 3.05) is 26.2 Å². The minimum atomic E-state index is -3.07. The van der Waals surface area contributed by atoms with Crippen LogP contribution >= 0.6 is 0 Å². The third-order valence-corrected chi connectivity index (χ3v) is 8.15. The average molecular weight is 613 g/mol. The number of carbonyl (C=O) groups is 1. The zero-order chi connectivity index (χ0) is 32.4. The first kappa shape index (κ1) is 33.5. The van der Waals surface area contributed by atoms with Gasteiger partial charge < -0.3 is 14.4 Å². The van der Waals surface area contributed by atoms with Crippen molar-refractivity contribution >= 4 is 5.91 Å². The van der Waals surface area contributed by atoms with Crippen molar-refractivity contribution in [3.8, 4) is 11.1 Å². The molecule has 0 fully saturated rings. The Kier molecular flexibility index (Phi) is 11.5. The number of aryl methyl sites for hydroxylation is 3. The fourth-order valence-electron chi connectivity index (χ4n) is 5.24. The van der Waals surface area contributed by atoms with E-state index in [-0.39, 0.29) is 23.6 Å². The molecule has 0 atom stereocenters. The van der Waals surface area contributed by atoms with E-state index in [0.717, 1.165) is 41.9 Å². The van der Waals surface area contributed by atoms with Crippen LogP contribution in [0.15, 0.2) is 103 Å². The molecule has 8 heteroatoms. The Morgan fingerprint density at radius 1 is 0.889 bits per heavy atom. The lowest BCUT2D eigenvalue weighted by Crippen LogP contribution is -2.40. The molecule has 4 aromatic rings. The number of carbonyl (C=O) groups excluding carboxylic acids is 1. The van der Waals surface area contributed by atoms with Crippen LogP contribution in [0.3, 0.4) is 0 Å². The monoisotopic (exact) mass is 612 g/mol. The number of likely N-dealkylation sites (N-methyl/N-ethyl adjacent to an activating group) is 1. The zero-order valence-electron chi connectivity index (χ0n) is 26.4. The molecule has 0 saturated heterocycles. The van der Waals surface area contributed by atoms with E-state index >= 15 is 0 Å². The van der Waals surface area contributed by atoms with E-state index < -0.39 is 5.92 Å². The van der Waals surface area contributed by atoms with Crippen molar-refractivity contribution in [2.45, 2.75) is 52.6 Å². The van der Waals surface area contributed by atoms with Crippen LogP contribution in [0.4, 0.5) is 8.78 Å². The SMILES string of the molecule is C=CC(F)(F)c1ccc(-c2ccc(CN(CCN(CC)CC)C(=O)Cn3cc(C)c(=O)nc3CCc3ccccc3)cc2)cc1. The fourth-order valence-corrected chi connectivity index (χ4v) is 5.24. The average Bonchev–Trinajstić information content (AvgIpc) is 3.06. The van der Waals surface area contributed by atoms with Gasteiger partial charge >= 0.3 is 0 Å². The maximum atomic E-state index is 14.0. The Bertz CT molecular complexity index is 1610. The van der Waals surface area contributed by atoms with E-state index in [2.05, 4.69) is 30.3 Å². The van der Waals surface area contributed by atoms with Crippen LogP contribution in [0.5, 0.6) is 0 Å². The molecule has 1 aromatic heterocycles. The predicted molar refractivity (Wildman–Crippen MR) is 176 cm³/mol. The van der Waals surface area contributed by atoms with Crippen molar-refractivity contribution in [2.24, 2.45) is 0 Å². The van der Waals surface area contributed by atoms with Crippen LogP contribution in [-0.2, 0) is 36.6 Å². The van der Waals surface area contributed by atoms with Crippen molar-refractivity contribution in [3.63, 3.8) is 0 Å². The Morgan fingerprint density at radius 3 is 2.11 bits per heavy atom. The van der Waals surface area contributed by atoms with Crippen LogP contribution in [-0.4, -0.2) is 51.4 Å². The van der Waals surface area contributed by atoms with Crippen LogP contribution < -0.4 is 5.56 Å². The minimum Gasteiger partial charge on any atom is -0.336 e. The first-order chi connectivity index (χ1) is 21.6. The lowest BCUT2D eigenvalue weighted by atomic mass is 10.0. The number of allylic oxidation sites excluding steroid dienone is 1. The third-order valence-electron chi connectivity index (χ3n) is 8.15. The van der Waals surface area contributed by atoms with Gasteiger partial charge in [-0.25, -0.2) is 0 Å². The molecule has 0 bridgehead atoms. The molecule has 0 aliphatic heterocycles. The molecular formula is C37H42F2N4O2. The number of aromatic nitrogens is 2. The number of hydrogen-bond donors (Lipinski definition) is 0. The van der Waals surface area contributed by atoms with Gasteiger partial charge in [0.1, 0.15) is 12.4 Å². The fraction of sp³-hybridized carbons (Fsp3) is 0.324. The van der Waals surface area contributed by atoms with Gasteiger partial charge in [0.05, 0.1) is 0 Å². The van der Waals surface area contributed by atoms with Gasteiger partial charge in [-0.3, -0.25) is 9.59 Å². The predicted octanol–water partition coefficient (Wildman–Crippen LogP) is 6.65. The molecule has 1 heterocycles. The lowest BCUT2D eigenvalue weighted by molar-refractivity contribution is -0.132. The minimum absolute atomic E-state index is 0.0595. The van der Waals surface area contributed by atoms with Crippen molar-refractivity contribution in [1.82, 2.24) is 19.4 Å². The summed E-state index contributed by atoms with van der Waals surface area (Å²) in [6, 6.07) is 24.0. The van der Waals surface area contributed by atoms with Crippen molar-refractivity contribution < 1.29 is 13.6 Å². The largest absolute Gasteiger partial charge is 0.336 e. The van der Waals surface area contributed by atoms with Crippen LogP contribution in [0.1, 0.15) is 41.9 Å². The van der Waals surface area contributed by atoms with Gasteiger partial charge in [-0.1, -0.05) is 99.3 Å². The maximum Gasteiger partial charge on any atom is 0.291 e. The Labute approximate surface area is 264 Å². The molecule has 3 aromatic carbocycles. The second-order valence-electron chi connectivity index (χ2n) is 11.2. The van der Waals surface area contributed by atoms with Gasteiger partial charge in [0.15, 0.2) is 0 Å². The maximum absolute atomic E-state index is 14.0. The second kappa shape index (κ2) is 15.5. The quantitative estimate of drug-likeness (QED) is 0.141. The topological polar surface area (TPSA) is 58.4 Å². The van der Waals surface area contributed by atoms with Crippen LogP contribution in [0, 0.1) is 6.92 Å². The van der Waals surface area contributed by atoms with E-state index in [0.29, 0.717) is 43.4 Å². The number of rotatable bonds is 15. The molecule has 1 amide bonds. The summed E-state index contributed by atoms with van der Waals surface area (Å²) in [6.07, 6.45) is 3.63. The molecule has 0 unspecified atom stereocenters. The van der Waals surface area contributed by atoms with E-state index in [1.54, 1.807) is 25.3 Å². The van der Waals surface area contributed by atoms with Gasteiger partial charge in [0.2, 0.25) is 5.91 Å². The van der Waals surface area contributed by atoms with Gasteiger partial charge in [0.25, 0.3) is 11.5 Å². The van der Waals surface area contributed by atoms with Crippen LogP contribution in [0.25, 0.3) is 11.1 Å². The Balaban J connectivity index is 1.53. The highest BCUT2D eigenvalue weighted by Gasteiger charge is 2.26. The van der Waals surface area contributed by atoms with E-state index in [1.165, 1.54) is 12.1 Å². The van der Waals surface area contributed by atoms with Crippen molar-refractivity contribution in [3.05, 3.63) is 136 Å². The third kappa shape index (κ3) is 9.05. The number of nitrogens with zero attached hydrogens (tertiary/aromatic N) is 4. The molecule has 0 spiro atoms. The molecule has 0 radical (unpaired) electrons. The molecule has 45 heavy (non-hydrogen) atoms. The summed E-state index contributed by atoms with van der Waals surface area (Å²) in [7, 11) is 0. The van der Waals surface area contributed by atoms with Crippen molar-refractivity contribution in [1.29, 1.82) is 0 Å². The summed E-state index contributed by atoms with van der Waals surface area (Å²) >= 11 is 0. The molecule has 6 nitrogen and oxygen atoms in total. The molecule has 0 aliphatic rings. The summed E-state index contributed by atoms with van der Waals surface area (Å²) in [5.74, 6) is -2.54. The van der Waals surface area contributed by atoms with Crippen LogP contribution in [0.2, 0.25) is 0 Å². The molecular weight excluding hydrogens is 570 g/mol. The van der Waals surface area contributed by atoms with E-state index in [9.17, 15) is 18.4 Å². The molecule has 236 valence electrons. The summed E-state index contributed by atoms with van der Waals surface area (Å²) in [4.78, 5) is 34.8.